The molecule has 0 saturated heterocycles. The summed E-state index contributed by atoms with van der Waals surface area (Å²) in [4.78, 5) is 4.42. The molecule has 1 heterocycles. The summed E-state index contributed by atoms with van der Waals surface area (Å²) in [6.45, 7) is 5.29. The molecule has 0 saturated carbocycles. The Kier molecular flexibility index (Phi) is 5.75. The van der Waals surface area contributed by atoms with Gasteiger partial charge in [0.2, 0.25) is 0 Å². The van der Waals surface area contributed by atoms with Crippen LogP contribution in [0.2, 0.25) is 0 Å². The Morgan fingerprint density at radius 3 is 2.84 bits per heavy atom. The zero-order valence-corrected chi connectivity index (χ0v) is 11.9. The Balaban J connectivity index is 2.78. The van der Waals surface area contributed by atoms with E-state index in [-0.39, 0.29) is 6.04 Å². The van der Waals surface area contributed by atoms with Crippen molar-refractivity contribution >= 4 is 0 Å². The molecule has 1 atom stereocenters. The number of aliphatic hydroxyl groups is 1. The summed E-state index contributed by atoms with van der Waals surface area (Å²) < 4.78 is 0. The fourth-order valence-electron chi connectivity index (χ4n) is 1.53. The first kappa shape index (κ1) is 15.4. The molecular formula is C16H22N2O. The number of pyridine rings is 1. The van der Waals surface area contributed by atoms with Gasteiger partial charge in [-0.25, -0.2) is 4.98 Å². The van der Waals surface area contributed by atoms with Gasteiger partial charge in [-0.2, -0.15) is 0 Å². The van der Waals surface area contributed by atoms with Crippen molar-refractivity contribution in [3.05, 3.63) is 41.7 Å². The fraction of sp³-hybridized carbons (Fsp3) is 0.438. The standard InChI is InChI=1S/C16H22N2O/c1-4-5-6-9-14(17)15-10-7-8-13(18-15)11-12-16(2,3)19/h4-5,7-8,10,14,19H,6,9,17H2,1-3H3. The quantitative estimate of drug-likeness (QED) is 0.644. The van der Waals surface area contributed by atoms with Crippen molar-refractivity contribution in [2.24, 2.45) is 5.73 Å². The second-order valence-electron chi connectivity index (χ2n) is 5.01. The SMILES string of the molecule is CC=CCCC(N)c1cccc(C#CC(C)(C)O)n1. The van der Waals surface area contributed by atoms with E-state index in [2.05, 4.69) is 22.9 Å². The lowest BCUT2D eigenvalue weighted by molar-refractivity contribution is 0.143. The maximum atomic E-state index is 9.57. The fourth-order valence-corrected chi connectivity index (χ4v) is 1.53. The van der Waals surface area contributed by atoms with Gasteiger partial charge in [-0.1, -0.05) is 24.1 Å². The predicted octanol–water partition coefficient (Wildman–Crippen LogP) is 2.56. The van der Waals surface area contributed by atoms with Gasteiger partial charge in [0.1, 0.15) is 11.3 Å². The van der Waals surface area contributed by atoms with Crippen molar-refractivity contribution in [2.75, 3.05) is 0 Å². The highest BCUT2D eigenvalue weighted by Gasteiger charge is 2.08. The van der Waals surface area contributed by atoms with Gasteiger partial charge < -0.3 is 10.8 Å². The van der Waals surface area contributed by atoms with Gasteiger partial charge in [-0.05, 0) is 51.7 Å². The Morgan fingerprint density at radius 1 is 1.47 bits per heavy atom. The molecular weight excluding hydrogens is 236 g/mol. The summed E-state index contributed by atoms with van der Waals surface area (Å²) in [6.07, 6.45) is 5.92. The lowest BCUT2D eigenvalue weighted by Crippen LogP contribution is -2.15. The predicted molar refractivity (Wildman–Crippen MR) is 78.4 cm³/mol. The van der Waals surface area contributed by atoms with Crippen LogP contribution in [0.1, 0.15) is 51.0 Å². The van der Waals surface area contributed by atoms with Crippen LogP contribution in [0.5, 0.6) is 0 Å². The zero-order valence-electron chi connectivity index (χ0n) is 11.9. The number of hydrogen-bond acceptors (Lipinski definition) is 3. The molecule has 1 unspecified atom stereocenters. The average Bonchev–Trinajstić information content (AvgIpc) is 2.36. The van der Waals surface area contributed by atoms with Crippen LogP contribution in [0.3, 0.4) is 0 Å². The summed E-state index contributed by atoms with van der Waals surface area (Å²) in [5.41, 5.74) is 6.56. The summed E-state index contributed by atoms with van der Waals surface area (Å²) in [6, 6.07) is 5.54. The molecule has 0 aliphatic carbocycles. The van der Waals surface area contributed by atoms with Crippen molar-refractivity contribution in [1.29, 1.82) is 0 Å². The van der Waals surface area contributed by atoms with E-state index in [4.69, 9.17) is 5.73 Å². The maximum absolute atomic E-state index is 9.57. The lowest BCUT2D eigenvalue weighted by Gasteiger charge is -2.10. The van der Waals surface area contributed by atoms with Crippen LogP contribution in [0.15, 0.2) is 30.4 Å². The Hall–Kier alpha value is -1.63. The second kappa shape index (κ2) is 7.08. The van der Waals surface area contributed by atoms with Crippen LogP contribution in [0.4, 0.5) is 0 Å². The smallest absolute Gasteiger partial charge is 0.120 e. The molecule has 0 aromatic carbocycles. The van der Waals surface area contributed by atoms with Gasteiger partial charge in [0.25, 0.3) is 0 Å². The van der Waals surface area contributed by atoms with Gasteiger partial charge >= 0.3 is 0 Å². The molecule has 0 fully saturated rings. The van der Waals surface area contributed by atoms with E-state index in [0.717, 1.165) is 18.5 Å². The van der Waals surface area contributed by atoms with E-state index in [0.29, 0.717) is 5.69 Å². The van der Waals surface area contributed by atoms with E-state index in [1.807, 2.05) is 31.2 Å². The van der Waals surface area contributed by atoms with Crippen LogP contribution >= 0.6 is 0 Å². The average molecular weight is 258 g/mol. The Labute approximate surface area is 115 Å². The second-order valence-corrected chi connectivity index (χ2v) is 5.01. The van der Waals surface area contributed by atoms with Crippen molar-refractivity contribution in [3.8, 4) is 11.8 Å². The van der Waals surface area contributed by atoms with Crippen LogP contribution < -0.4 is 5.73 Å². The molecule has 0 spiro atoms. The minimum absolute atomic E-state index is 0.0833. The minimum Gasteiger partial charge on any atom is -0.378 e. The summed E-state index contributed by atoms with van der Waals surface area (Å²) in [5.74, 6) is 5.61. The molecule has 0 radical (unpaired) electrons. The highest BCUT2D eigenvalue weighted by atomic mass is 16.3. The van der Waals surface area contributed by atoms with Crippen molar-refractivity contribution < 1.29 is 5.11 Å². The van der Waals surface area contributed by atoms with Gasteiger partial charge in [0, 0.05) is 6.04 Å². The molecule has 0 aliphatic rings. The van der Waals surface area contributed by atoms with Crippen molar-refractivity contribution in [3.63, 3.8) is 0 Å². The van der Waals surface area contributed by atoms with Crippen molar-refractivity contribution in [2.45, 2.75) is 45.3 Å². The van der Waals surface area contributed by atoms with Gasteiger partial charge in [-0.3, -0.25) is 0 Å². The molecule has 1 aromatic heterocycles. The van der Waals surface area contributed by atoms with E-state index in [1.54, 1.807) is 13.8 Å². The summed E-state index contributed by atoms with van der Waals surface area (Å²) in [7, 11) is 0. The van der Waals surface area contributed by atoms with E-state index in [9.17, 15) is 5.11 Å². The third kappa shape index (κ3) is 6.19. The van der Waals surface area contributed by atoms with Gasteiger partial charge in [0.05, 0.1) is 5.69 Å². The minimum atomic E-state index is -1.01. The monoisotopic (exact) mass is 258 g/mol. The number of aromatic nitrogens is 1. The first-order chi connectivity index (χ1) is 8.92. The zero-order chi connectivity index (χ0) is 14.3. The van der Waals surface area contributed by atoms with Crippen LogP contribution in [-0.2, 0) is 0 Å². The Morgan fingerprint density at radius 2 is 2.21 bits per heavy atom. The topological polar surface area (TPSA) is 59.1 Å². The van der Waals surface area contributed by atoms with Gasteiger partial charge in [-0.15, -0.1) is 0 Å². The number of hydrogen-bond donors (Lipinski definition) is 2. The van der Waals surface area contributed by atoms with Crippen molar-refractivity contribution in [1.82, 2.24) is 4.98 Å². The Bertz CT molecular complexity index is 489. The number of rotatable bonds is 4. The lowest BCUT2D eigenvalue weighted by atomic mass is 10.1. The van der Waals surface area contributed by atoms with Crippen LogP contribution in [0.25, 0.3) is 0 Å². The van der Waals surface area contributed by atoms with Crippen LogP contribution in [0, 0.1) is 11.8 Å². The molecule has 1 aromatic rings. The third-order valence-corrected chi connectivity index (χ3v) is 2.53. The summed E-state index contributed by atoms with van der Waals surface area (Å²) >= 11 is 0. The highest BCUT2D eigenvalue weighted by Crippen LogP contribution is 2.14. The molecule has 0 aliphatic heterocycles. The molecule has 102 valence electrons. The molecule has 0 amide bonds. The highest BCUT2D eigenvalue weighted by molar-refractivity contribution is 5.31. The third-order valence-electron chi connectivity index (χ3n) is 2.53. The summed E-state index contributed by atoms with van der Waals surface area (Å²) in [5, 5.41) is 9.57. The number of allylic oxidation sites excluding steroid dienone is 2. The molecule has 0 bridgehead atoms. The molecule has 3 heteroatoms. The first-order valence-corrected chi connectivity index (χ1v) is 6.51. The van der Waals surface area contributed by atoms with Gasteiger partial charge in [0.15, 0.2) is 0 Å². The maximum Gasteiger partial charge on any atom is 0.120 e. The molecule has 3 nitrogen and oxygen atoms in total. The number of nitrogens with two attached hydrogens (primary N) is 1. The van der Waals surface area contributed by atoms with Crippen LogP contribution in [-0.4, -0.2) is 15.7 Å². The largest absolute Gasteiger partial charge is 0.378 e. The normalized spacial score (nSPS) is 13.1. The molecule has 1 rings (SSSR count). The first-order valence-electron chi connectivity index (χ1n) is 6.51. The van der Waals surface area contributed by atoms with E-state index in [1.165, 1.54) is 0 Å². The number of nitrogens with zero attached hydrogens (tertiary/aromatic N) is 1. The van der Waals surface area contributed by atoms with E-state index < -0.39 is 5.60 Å². The molecule has 19 heavy (non-hydrogen) atoms. The molecule has 3 N–H and O–H groups in total. The van der Waals surface area contributed by atoms with E-state index >= 15 is 0 Å².